The first kappa shape index (κ1) is 17.2. The van der Waals surface area contributed by atoms with Crippen LogP contribution in [-0.2, 0) is 14.9 Å². The van der Waals surface area contributed by atoms with E-state index in [9.17, 15) is 9.59 Å². The third kappa shape index (κ3) is 4.59. The normalized spacial score (nSPS) is 11.4. The Morgan fingerprint density at radius 2 is 1.81 bits per heavy atom. The van der Waals surface area contributed by atoms with E-state index in [2.05, 4.69) is 0 Å². The summed E-state index contributed by atoms with van der Waals surface area (Å²) in [6.07, 6.45) is -0.0840. The minimum absolute atomic E-state index is 0.0840. The van der Waals surface area contributed by atoms with Crippen LogP contribution in [0, 0.1) is 0 Å². The van der Waals surface area contributed by atoms with E-state index >= 15 is 0 Å². The van der Waals surface area contributed by atoms with Gasteiger partial charge in [-0.05, 0) is 43.9 Å². The van der Waals surface area contributed by atoms with Gasteiger partial charge in [0, 0.05) is 0 Å². The maximum atomic E-state index is 12.3. The fourth-order valence-corrected chi connectivity index (χ4v) is 1.84. The summed E-state index contributed by atoms with van der Waals surface area (Å²) in [5, 5.41) is 0. The first-order valence-electron chi connectivity index (χ1n) is 7.19. The van der Waals surface area contributed by atoms with Crippen molar-refractivity contribution in [1.29, 1.82) is 0 Å². The molecule has 0 bridgehead atoms. The molecule has 0 aliphatic heterocycles. The average Bonchev–Trinajstić information content (AvgIpc) is 2.36. The zero-order chi connectivity index (χ0) is 16.2. The van der Waals surface area contributed by atoms with E-state index in [0.717, 1.165) is 5.56 Å². The van der Waals surface area contributed by atoms with Crippen LogP contribution in [0.5, 0.6) is 5.75 Å². The summed E-state index contributed by atoms with van der Waals surface area (Å²) in [7, 11) is 0. The highest BCUT2D eigenvalue weighted by Gasteiger charge is 2.25. The number of hydrogen-bond acceptors (Lipinski definition) is 4. The lowest BCUT2D eigenvalue weighted by molar-refractivity contribution is -0.137. The van der Waals surface area contributed by atoms with Gasteiger partial charge >= 0.3 is 5.97 Å². The van der Waals surface area contributed by atoms with E-state index in [-0.39, 0.29) is 23.7 Å². The van der Waals surface area contributed by atoms with Gasteiger partial charge in [-0.3, -0.25) is 4.79 Å². The highest BCUT2D eigenvalue weighted by Crippen LogP contribution is 2.29. The summed E-state index contributed by atoms with van der Waals surface area (Å²) < 4.78 is 10.4. The second kappa shape index (κ2) is 6.74. The molecule has 116 valence electrons. The van der Waals surface area contributed by atoms with Gasteiger partial charge in [-0.15, -0.1) is 0 Å². The standard InChI is InChI=1S/C17H24O4/c1-7-20-16(19)15(18)13-10-12(17(4,5)6)8-9-14(13)21-11(2)3/h8-11H,7H2,1-6H3. The summed E-state index contributed by atoms with van der Waals surface area (Å²) in [5.41, 5.74) is 1.10. The van der Waals surface area contributed by atoms with E-state index in [0.29, 0.717) is 5.75 Å². The number of carbonyl (C=O) groups is 2. The minimum Gasteiger partial charge on any atom is -0.490 e. The number of ketones is 1. The third-order valence-corrected chi connectivity index (χ3v) is 2.91. The monoisotopic (exact) mass is 292 g/mol. The van der Waals surface area contributed by atoms with Gasteiger partial charge in [0.15, 0.2) is 0 Å². The van der Waals surface area contributed by atoms with Crippen molar-refractivity contribution in [3.63, 3.8) is 0 Å². The van der Waals surface area contributed by atoms with E-state index < -0.39 is 11.8 Å². The molecule has 0 radical (unpaired) electrons. The van der Waals surface area contributed by atoms with Crippen LogP contribution in [0.2, 0.25) is 0 Å². The molecule has 4 nitrogen and oxygen atoms in total. The summed E-state index contributed by atoms with van der Waals surface area (Å²) in [6.45, 7) is 11.7. The molecule has 0 aliphatic rings. The van der Waals surface area contributed by atoms with Crippen LogP contribution in [0.4, 0.5) is 0 Å². The number of carbonyl (C=O) groups excluding carboxylic acids is 2. The highest BCUT2D eigenvalue weighted by atomic mass is 16.5. The maximum Gasteiger partial charge on any atom is 0.379 e. The number of hydrogen-bond donors (Lipinski definition) is 0. The van der Waals surface area contributed by atoms with Crippen molar-refractivity contribution >= 4 is 11.8 Å². The number of Topliss-reactive ketones (excluding diaryl/α,β-unsaturated/α-hetero) is 1. The predicted molar refractivity (Wildman–Crippen MR) is 81.9 cm³/mol. The lowest BCUT2D eigenvalue weighted by Gasteiger charge is -2.21. The first-order chi connectivity index (χ1) is 9.66. The van der Waals surface area contributed by atoms with Gasteiger partial charge in [-0.25, -0.2) is 4.79 Å². The van der Waals surface area contributed by atoms with Gasteiger partial charge in [-0.1, -0.05) is 26.8 Å². The third-order valence-electron chi connectivity index (χ3n) is 2.91. The van der Waals surface area contributed by atoms with E-state index in [4.69, 9.17) is 9.47 Å². The Kier molecular flexibility index (Phi) is 5.53. The zero-order valence-electron chi connectivity index (χ0n) is 13.6. The number of esters is 1. The smallest absolute Gasteiger partial charge is 0.379 e. The van der Waals surface area contributed by atoms with Crippen molar-refractivity contribution < 1.29 is 19.1 Å². The Balaban J connectivity index is 3.28. The van der Waals surface area contributed by atoms with Crippen molar-refractivity contribution in [2.24, 2.45) is 0 Å². The van der Waals surface area contributed by atoms with Crippen molar-refractivity contribution in [2.45, 2.75) is 53.1 Å². The SMILES string of the molecule is CCOC(=O)C(=O)c1cc(C(C)(C)C)ccc1OC(C)C. The molecule has 0 N–H and O–H groups in total. The highest BCUT2D eigenvalue weighted by molar-refractivity contribution is 6.41. The van der Waals surface area contributed by atoms with Crippen molar-refractivity contribution in [3.8, 4) is 5.75 Å². The minimum atomic E-state index is -0.850. The summed E-state index contributed by atoms with van der Waals surface area (Å²) in [5.74, 6) is -1.10. The van der Waals surface area contributed by atoms with Crippen LogP contribution in [0.25, 0.3) is 0 Å². The van der Waals surface area contributed by atoms with Gasteiger partial charge in [-0.2, -0.15) is 0 Å². The van der Waals surface area contributed by atoms with E-state index in [1.54, 1.807) is 19.1 Å². The Bertz CT molecular complexity index is 524. The van der Waals surface area contributed by atoms with Crippen LogP contribution in [0.1, 0.15) is 57.5 Å². The van der Waals surface area contributed by atoms with Gasteiger partial charge in [0.25, 0.3) is 5.78 Å². The molecule has 0 fully saturated rings. The zero-order valence-corrected chi connectivity index (χ0v) is 13.6. The molecule has 0 saturated carbocycles. The van der Waals surface area contributed by atoms with Crippen molar-refractivity contribution in [2.75, 3.05) is 6.61 Å². The quantitative estimate of drug-likeness (QED) is 0.473. The lowest BCUT2D eigenvalue weighted by Crippen LogP contribution is -2.21. The average molecular weight is 292 g/mol. The molecule has 21 heavy (non-hydrogen) atoms. The van der Waals surface area contributed by atoms with Crippen LogP contribution < -0.4 is 4.74 Å². The maximum absolute atomic E-state index is 12.3. The van der Waals surface area contributed by atoms with Gasteiger partial charge in [0.1, 0.15) is 5.75 Å². The van der Waals surface area contributed by atoms with Crippen LogP contribution in [0.15, 0.2) is 18.2 Å². The summed E-state index contributed by atoms with van der Waals surface area (Å²) in [6, 6.07) is 5.38. The molecule has 1 aromatic carbocycles. The van der Waals surface area contributed by atoms with Crippen molar-refractivity contribution in [3.05, 3.63) is 29.3 Å². The molecule has 0 saturated heterocycles. The largest absolute Gasteiger partial charge is 0.490 e. The Hall–Kier alpha value is -1.84. The summed E-state index contributed by atoms with van der Waals surface area (Å²) >= 11 is 0. The van der Waals surface area contributed by atoms with Gasteiger partial charge in [0.2, 0.25) is 0 Å². The molecule has 1 aromatic rings. The number of benzene rings is 1. The molecule has 0 spiro atoms. The molecule has 0 aromatic heterocycles. The van der Waals surface area contributed by atoms with Crippen LogP contribution in [-0.4, -0.2) is 24.5 Å². The fourth-order valence-electron chi connectivity index (χ4n) is 1.84. The molecule has 0 unspecified atom stereocenters. The second-order valence-electron chi connectivity index (χ2n) is 6.18. The molecular weight excluding hydrogens is 268 g/mol. The Morgan fingerprint density at radius 1 is 1.19 bits per heavy atom. The van der Waals surface area contributed by atoms with E-state index in [1.807, 2.05) is 40.7 Å². The lowest BCUT2D eigenvalue weighted by atomic mass is 9.85. The molecular formula is C17H24O4. The number of ether oxygens (including phenoxy) is 2. The molecule has 4 heteroatoms. The van der Waals surface area contributed by atoms with E-state index in [1.165, 1.54) is 0 Å². The molecule has 0 heterocycles. The van der Waals surface area contributed by atoms with Gasteiger partial charge < -0.3 is 9.47 Å². The molecule has 1 rings (SSSR count). The van der Waals surface area contributed by atoms with Crippen molar-refractivity contribution in [1.82, 2.24) is 0 Å². The first-order valence-corrected chi connectivity index (χ1v) is 7.19. The Labute approximate surface area is 126 Å². The molecule has 0 atom stereocenters. The molecule has 0 aliphatic carbocycles. The Morgan fingerprint density at radius 3 is 2.29 bits per heavy atom. The predicted octanol–water partition coefficient (Wildman–Crippen LogP) is 3.52. The second-order valence-corrected chi connectivity index (χ2v) is 6.18. The fraction of sp³-hybridized carbons (Fsp3) is 0.529. The summed E-state index contributed by atoms with van der Waals surface area (Å²) in [4.78, 5) is 24.0. The number of rotatable bonds is 5. The van der Waals surface area contributed by atoms with Gasteiger partial charge in [0.05, 0.1) is 18.3 Å². The topological polar surface area (TPSA) is 52.6 Å². The van der Waals surface area contributed by atoms with Crippen LogP contribution >= 0.6 is 0 Å². The van der Waals surface area contributed by atoms with Crippen LogP contribution in [0.3, 0.4) is 0 Å². The molecule has 0 amide bonds.